The van der Waals surface area contributed by atoms with Crippen LogP contribution in [0.25, 0.3) is 0 Å². The van der Waals surface area contributed by atoms with E-state index in [2.05, 4.69) is 17.1 Å². The number of hydrogen-bond acceptors (Lipinski definition) is 2. The summed E-state index contributed by atoms with van der Waals surface area (Å²) in [5, 5.41) is 3.84. The van der Waals surface area contributed by atoms with Gasteiger partial charge in [0, 0.05) is 17.1 Å². The summed E-state index contributed by atoms with van der Waals surface area (Å²) in [6.07, 6.45) is 5.15. The fourth-order valence-electron chi connectivity index (χ4n) is 3.15. The maximum atomic E-state index is 12.4. The molecule has 0 radical (unpaired) electrons. The Morgan fingerprint density at radius 1 is 1.23 bits per heavy atom. The van der Waals surface area contributed by atoms with Gasteiger partial charge in [-0.3, -0.25) is 9.69 Å². The van der Waals surface area contributed by atoms with Gasteiger partial charge in [-0.05, 0) is 63.1 Å². The zero-order valence-corrected chi connectivity index (χ0v) is 14.1. The van der Waals surface area contributed by atoms with Crippen LogP contribution in [0.2, 0.25) is 5.02 Å². The average Bonchev–Trinajstić information content (AvgIpc) is 3.38. The van der Waals surface area contributed by atoms with Gasteiger partial charge in [-0.15, -0.1) is 0 Å². The highest BCUT2D eigenvalue weighted by molar-refractivity contribution is 6.30. The second-order valence-electron chi connectivity index (χ2n) is 6.82. The molecule has 120 valence electrons. The summed E-state index contributed by atoms with van der Waals surface area (Å²) in [6.45, 7) is 4.83. The van der Waals surface area contributed by atoms with E-state index >= 15 is 0 Å². The average molecular weight is 321 g/mol. The number of rotatable bonds is 7. The van der Waals surface area contributed by atoms with Crippen molar-refractivity contribution in [3.05, 3.63) is 34.9 Å². The Kier molecular flexibility index (Phi) is 4.74. The molecule has 0 bridgehead atoms. The third-order valence-electron chi connectivity index (χ3n) is 4.92. The Hall–Kier alpha value is -1.06. The van der Waals surface area contributed by atoms with Gasteiger partial charge in [0.2, 0.25) is 5.91 Å². The molecule has 2 aliphatic carbocycles. The monoisotopic (exact) mass is 320 g/mol. The van der Waals surface area contributed by atoms with E-state index < -0.39 is 0 Å². The number of nitrogens with one attached hydrogen (secondary N) is 1. The van der Waals surface area contributed by atoms with Gasteiger partial charge in [-0.25, -0.2) is 0 Å². The Morgan fingerprint density at radius 3 is 2.41 bits per heavy atom. The highest BCUT2D eigenvalue weighted by Gasteiger charge is 2.39. The number of benzene rings is 1. The normalized spacial score (nSPS) is 20.7. The SMILES string of the molecule is CC(NC(=O)CN(C1CC1)C(C)C1CC1)c1ccc(Cl)cc1. The van der Waals surface area contributed by atoms with Gasteiger partial charge in [0.15, 0.2) is 0 Å². The lowest BCUT2D eigenvalue weighted by atomic mass is 10.1. The van der Waals surface area contributed by atoms with Gasteiger partial charge >= 0.3 is 0 Å². The third-order valence-corrected chi connectivity index (χ3v) is 5.17. The van der Waals surface area contributed by atoms with E-state index in [0.29, 0.717) is 18.6 Å². The molecule has 1 aromatic rings. The van der Waals surface area contributed by atoms with Crippen molar-refractivity contribution in [3.8, 4) is 0 Å². The fraction of sp³-hybridized carbons (Fsp3) is 0.611. The smallest absolute Gasteiger partial charge is 0.234 e. The lowest BCUT2D eigenvalue weighted by Gasteiger charge is -2.29. The molecule has 2 aliphatic rings. The largest absolute Gasteiger partial charge is 0.348 e. The molecule has 2 unspecified atom stereocenters. The molecule has 0 spiro atoms. The summed E-state index contributed by atoms with van der Waals surface area (Å²) >= 11 is 5.91. The second kappa shape index (κ2) is 6.59. The molecular weight excluding hydrogens is 296 g/mol. The van der Waals surface area contributed by atoms with Crippen molar-refractivity contribution in [2.75, 3.05) is 6.54 Å². The highest BCUT2D eigenvalue weighted by atomic mass is 35.5. The molecule has 22 heavy (non-hydrogen) atoms. The van der Waals surface area contributed by atoms with Gasteiger partial charge in [-0.1, -0.05) is 23.7 Å². The summed E-state index contributed by atoms with van der Waals surface area (Å²) < 4.78 is 0. The molecule has 4 heteroatoms. The van der Waals surface area contributed by atoms with Crippen molar-refractivity contribution in [1.82, 2.24) is 10.2 Å². The second-order valence-corrected chi connectivity index (χ2v) is 7.26. The minimum absolute atomic E-state index is 0.0158. The Balaban J connectivity index is 1.55. The van der Waals surface area contributed by atoms with E-state index in [-0.39, 0.29) is 11.9 Å². The lowest BCUT2D eigenvalue weighted by molar-refractivity contribution is -0.123. The first-order valence-electron chi connectivity index (χ1n) is 8.35. The van der Waals surface area contributed by atoms with Crippen molar-refractivity contribution < 1.29 is 4.79 Å². The van der Waals surface area contributed by atoms with Gasteiger partial charge < -0.3 is 5.32 Å². The molecule has 2 fully saturated rings. The van der Waals surface area contributed by atoms with E-state index in [9.17, 15) is 4.79 Å². The van der Waals surface area contributed by atoms with E-state index in [1.807, 2.05) is 31.2 Å². The topological polar surface area (TPSA) is 32.3 Å². The summed E-state index contributed by atoms with van der Waals surface area (Å²) in [5.74, 6) is 0.934. The zero-order valence-electron chi connectivity index (χ0n) is 13.4. The van der Waals surface area contributed by atoms with Crippen molar-refractivity contribution in [3.63, 3.8) is 0 Å². The number of halogens is 1. The van der Waals surface area contributed by atoms with Crippen LogP contribution in [-0.2, 0) is 4.79 Å². The van der Waals surface area contributed by atoms with Crippen LogP contribution in [0, 0.1) is 5.92 Å². The molecule has 0 heterocycles. The molecule has 3 rings (SSSR count). The Bertz CT molecular complexity index is 522. The van der Waals surface area contributed by atoms with Crippen LogP contribution in [0.3, 0.4) is 0 Å². The first-order chi connectivity index (χ1) is 10.5. The van der Waals surface area contributed by atoms with Crippen molar-refractivity contribution >= 4 is 17.5 Å². The molecule has 0 aliphatic heterocycles. The van der Waals surface area contributed by atoms with Crippen molar-refractivity contribution in [2.24, 2.45) is 5.92 Å². The molecule has 0 aromatic heterocycles. The number of carbonyl (C=O) groups is 1. The Labute approximate surface area is 138 Å². The molecule has 1 aromatic carbocycles. The first kappa shape index (κ1) is 15.8. The summed E-state index contributed by atoms with van der Waals surface area (Å²) in [7, 11) is 0. The predicted molar refractivity (Wildman–Crippen MR) is 89.9 cm³/mol. The van der Waals surface area contributed by atoms with Crippen LogP contribution in [0.1, 0.15) is 51.1 Å². The number of carbonyl (C=O) groups excluding carboxylic acids is 1. The number of hydrogen-bond donors (Lipinski definition) is 1. The van der Waals surface area contributed by atoms with E-state index in [4.69, 9.17) is 11.6 Å². The molecule has 2 atom stereocenters. The lowest BCUT2D eigenvalue weighted by Crippen LogP contribution is -2.44. The fourth-order valence-corrected chi connectivity index (χ4v) is 3.27. The van der Waals surface area contributed by atoms with Crippen LogP contribution >= 0.6 is 11.6 Å². The van der Waals surface area contributed by atoms with Crippen molar-refractivity contribution in [2.45, 2.75) is 57.7 Å². The van der Waals surface area contributed by atoms with Gasteiger partial charge in [0.25, 0.3) is 0 Å². The van der Waals surface area contributed by atoms with Crippen LogP contribution in [0.15, 0.2) is 24.3 Å². The highest BCUT2D eigenvalue weighted by Crippen LogP contribution is 2.39. The van der Waals surface area contributed by atoms with Crippen LogP contribution in [0.4, 0.5) is 0 Å². The van der Waals surface area contributed by atoms with E-state index in [1.54, 1.807) is 0 Å². The van der Waals surface area contributed by atoms with E-state index in [1.165, 1.54) is 25.7 Å². The zero-order chi connectivity index (χ0) is 15.7. The standard InChI is InChI=1S/C18H25ClN2O/c1-12(14-5-7-16(19)8-6-14)20-18(22)11-21(17-9-10-17)13(2)15-3-4-15/h5-8,12-13,15,17H,3-4,9-11H2,1-2H3,(H,20,22). The van der Waals surface area contributed by atoms with Crippen molar-refractivity contribution in [1.29, 1.82) is 0 Å². The maximum Gasteiger partial charge on any atom is 0.234 e. The number of nitrogens with zero attached hydrogens (tertiary/aromatic N) is 1. The summed E-state index contributed by atoms with van der Waals surface area (Å²) in [4.78, 5) is 14.8. The minimum Gasteiger partial charge on any atom is -0.348 e. The maximum absolute atomic E-state index is 12.4. The minimum atomic E-state index is 0.0158. The van der Waals surface area contributed by atoms with Gasteiger partial charge in [0.05, 0.1) is 12.6 Å². The van der Waals surface area contributed by atoms with Gasteiger partial charge in [0.1, 0.15) is 0 Å². The first-order valence-corrected chi connectivity index (χ1v) is 8.73. The molecule has 0 saturated heterocycles. The molecular formula is C18H25ClN2O. The predicted octanol–water partition coefficient (Wildman–Crippen LogP) is 3.78. The quantitative estimate of drug-likeness (QED) is 0.829. The molecule has 1 N–H and O–H groups in total. The number of amides is 1. The summed E-state index contributed by atoms with van der Waals surface area (Å²) in [5.41, 5.74) is 1.09. The Morgan fingerprint density at radius 2 is 1.86 bits per heavy atom. The van der Waals surface area contributed by atoms with E-state index in [0.717, 1.165) is 16.5 Å². The van der Waals surface area contributed by atoms with Crippen LogP contribution in [0.5, 0.6) is 0 Å². The van der Waals surface area contributed by atoms with Crippen LogP contribution < -0.4 is 5.32 Å². The third kappa shape index (κ3) is 4.02. The molecule has 2 saturated carbocycles. The molecule has 3 nitrogen and oxygen atoms in total. The molecule has 1 amide bonds. The summed E-state index contributed by atoms with van der Waals surface area (Å²) in [6, 6.07) is 8.87. The van der Waals surface area contributed by atoms with Gasteiger partial charge in [-0.2, -0.15) is 0 Å². The van der Waals surface area contributed by atoms with Crippen LogP contribution in [-0.4, -0.2) is 29.4 Å².